The second-order valence-corrected chi connectivity index (χ2v) is 3.82. The molecule has 0 atom stereocenters. The van der Waals surface area contributed by atoms with E-state index in [4.69, 9.17) is 9.47 Å². The molecule has 0 spiro atoms. The zero-order valence-electron chi connectivity index (χ0n) is 10.5. The highest BCUT2D eigenvalue weighted by molar-refractivity contribution is 5.26. The highest BCUT2D eigenvalue weighted by Crippen LogP contribution is 2.10. The normalized spacial score (nSPS) is 10.9. The molecular weight excluding hydrogens is 240 g/mol. The Morgan fingerprint density at radius 3 is 2.50 bits per heavy atom. The molecule has 0 aliphatic heterocycles. The number of halogens is 2. The van der Waals surface area contributed by atoms with Crippen molar-refractivity contribution in [2.75, 3.05) is 26.9 Å². The van der Waals surface area contributed by atoms with Crippen LogP contribution >= 0.6 is 0 Å². The molecule has 18 heavy (non-hydrogen) atoms. The highest BCUT2D eigenvalue weighted by Gasteiger charge is 2.00. The van der Waals surface area contributed by atoms with E-state index in [0.29, 0.717) is 13.2 Å². The Labute approximate surface area is 106 Å². The standard InChI is InChI=1S/C13H19F2NO2/c1-17-12-4-2-11(3-5-12)10-16-7-9-18-8-6-13(14)15/h2-5,13,16H,6-10H2,1H3. The number of hydrogen-bond donors (Lipinski definition) is 1. The molecule has 3 nitrogen and oxygen atoms in total. The minimum atomic E-state index is -2.28. The third-order valence-corrected chi connectivity index (χ3v) is 2.39. The fraction of sp³-hybridized carbons (Fsp3) is 0.538. The van der Waals surface area contributed by atoms with Crippen LogP contribution in [0.3, 0.4) is 0 Å². The van der Waals surface area contributed by atoms with Gasteiger partial charge in [0.25, 0.3) is 0 Å². The summed E-state index contributed by atoms with van der Waals surface area (Å²) in [5.41, 5.74) is 1.14. The summed E-state index contributed by atoms with van der Waals surface area (Å²) >= 11 is 0. The number of methoxy groups -OCH3 is 1. The van der Waals surface area contributed by atoms with E-state index in [1.165, 1.54) is 0 Å². The summed E-state index contributed by atoms with van der Waals surface area (Å²) in [6, 6.07) is 7.75. The minimum absolute atomic E-state index is 0.113. The van der Waals surface area contributed by atoms with Gasteiger partial charge in [-0.25, -0.2) is 8.78 Å². The molecule has 1 rings (SSSR count). The van der Waals surface area contributed by atoms with Crippen LogP contribution < -0.4 is 10.1 Å². The van der Waals surface area contributed by atoms with Crippen molar-refractivity contribution in [3.63, 3.8) is 0 Å². The van der Waals surface area contributed by atoms with E-state index in [2.05, 4.69) is 5.32 Å². The van der Waals surface area contributed by atoms with Crippen molar-refractivity contribution in [1.29, 1.82) is 0 Å². The van der Waals surface area contributed by atoms with E-state index in [1.807, 2.05) is 24.3 Å². The quantitative estimate of drug-likeness (QED) is 0.691. The molecule has 0 aliphatic rings. The first kappa shape index (κ1) is 14.9. The first-order chi connectivity index (χ1) is 8.72. The number of benzene rings is 1. The second kappa shape index (κ2) is 8.83. The van der Waals surface area contributed by atoms with Crippen LogP contribution in [-0.2, 0) is 11.3 Å². The molecule has 0 fully saturated rings. The van der Waals surface area contributed by atoms with Crippen LogP contribution in [0.1, 0.15) is 12.0 Å². The second-order valence-electron chi connectivity index (χ2n) is 3.82. The van der Waals surface area contributed by atoms with E-state index in [9.17, 15) is 8.78 Å². The zero-order valence-corrected chi connectivity index (χ0v) is 10.5. The van der Waals surface area contributed by atoms with Crippen LogP contribution in [0, 0.1) is 0 Å². The zero-order chi connectivity index (χ0) is 13.2. The predicted molar refractivity (Wildman–Crippen MR) is 66.1 cm³/mol. The Morgan fingerprint density at radius 2 is 1.89 bits per heavy atom. The lowest BCUT2D eigenvalue weighted by Gasteiger charge is -2.07. The van der Waals surface area contributed by atoms with Crippen LogP contribution in [0.25, 0.3) is 0 Å². The van der Waals surface area contributed by atoms with Gasteiger partial charge in [0.05, 0.1) is 20.3 Å². The van der Waals surface area contributed by atoms with Gasteiger partial charge < -0.3 is 14.8 Å². The minimum Gasteiger partial charge on any atom is -0.497 e. The molecule has 0 saturated carbocycles. The van der Waals surface area contributed by atoms with Gasteiger partial charge in [-0.15, -0.1) is 0 Å². The third kappa shape index (κ3) is 6.51. The van der Waals surface area contributed by atoms with Crippen molar-refractivity contribution >= 4 is 0 Å². The maximum Gasteiger partial charge on any atom is 0.240 e. The molecule has 5 heteroatoms. The van der Waals surface area contributed by atoms with Crippen molar-refractivity contribution in [3.05, 3.63) is 29.8 Å². The van der Waals surface area contributed by atoms with Gasteiger partial charge in [0.1, 0.15) is 5.75 Å². The third-order valence-electron chi connectivity index (χ3n) is 2.39. The average molecular weight is 259 g/mol. The maximum absolute atomic E-state index is 11.8. The van der Waals surface area contributed by atoms with Crippen molar-refractivity contribution in [2.24, 2.45) is 0 Å². The van der Waals surface area contributed by atoms with E-state index in [-0.39, 0.29) is 13.0 Å². The van der Waals surface area contributed by atoms with Crippen LogP contribution in [0.2, 0.25) is 0 Å². The van der Waals surface area contributed by atoms with Crippen molar-refractivity contribution in [3.8, 4) is 5.75 Å². The molecule has 0 unspecified atom stereocenters. The monoisotopic (exact) mass is 259 g/mol. The smallest absolute Gasteiger partial charge is 0.240 e. The molecule has 0 amide bonds. The first-order valence-electron chi connectivity index (χ1n) is 5.92. The fourth-order valence-corrected chi connectivity index (χ4v) is 1.39. The Hall–Kier alpha value is -1.20. The summed E-state index contributed by atoms with van der Waals surface area (Å²) in [5.74, 6) is 0.828. The van der Waals surface area contributed by atoms with Crippen LogP contribution in [0.15, 0.2) is 24.3 Å². The number of rotatable bonds is 9. The molecule has 0 radical (unpaired) electrons. The van der Waals surface area contributed by atoms with Crippen molar-refractivity contribution < 1.29 is 18.3 Å². The average Bonchev–Trinajstić information content (AvgIpc) is 2.38. The van der Waals surface area contributed by atoms with Gasteiger partial charge in [-0.3, -0.25) is 0 Å². The molecule has 1 N–H and O–H groups in total. The molecule has 0 heterocycles. The Bertz CT molecular complexity index is 317. The Morgan fingerprint density at radius 1 is 1.17 bits per heavy atom. The fourth-order valence-electron chi connectivity index (χ4n) is 1.39. The lowest BCUT2D eigenvalue weighted by molar-refractivity contribution is 0.0678. The van der Waals surface area contributed by atoms with Crippen LogP contribution in [-0.4, -0.2) is 33.3 Å². The number of ether oxygens (including phenoxy) is 2. The van der Waals surface area contributed by atoms with Gasteiger partial charge >= 0.3 is 0 Å². The van der Waals surface area contributed by atoms with Crippen LogP contribution in [0.5, 0.6) is 5.75 Å². The molecule has 0 saturated heterocycles. The number of alkyl halides is 2. The molecule has 1 aromatic carbocycles. The van der Waals surface area contributed by atoms with Crippen LogP contribution in [0.4, 0.5) is 8.78 Å². The summed E-state index contributed by atoms with van der Waals surface area (Å²) in [6.07, 6.45) is -2.48. The summed E-state index contributed by atoms with van der Waals surface area (Å²) in [6.45, 7) is 1.93. The van der Waals surface area contributed by atoms with Gasteiger partial charge in [0, 0.05) is 19.5 Å². The Kier molecular flexibility index (Phi) is 7.29. The molecule has 0 aromatic heterocycles. The number of hydrogen-bond acceptors (Lipinski definition) is 3. The van der Waals surface area contributed by atoms with Gasteiger partial charge in [0.15, 0.2) is 0 Å². The van der Waals surface area contributed by atoms with E-state index in [1.54, 1.807) is 7.11 Å². The van der Waals surface area contributed by atoms with Gasteiger partial charge in [-0.1, -0.05) is 12.1 Å². The Balaban J connectivity index is 2.03. The van der Waals surface area contributed by atoms with Gasteiger partial charge in [-0.05, 0) is 17.7 Å². The lowest BCUT2D eigenvalue weighted by Crippen LogP contribution is -2.19. The molecule has 0 bridgehead atoms. The first-order valence-corrected chi connectivity index (χ1v) is 5.92. The molecule has 0 aliphatic carbocycles. The van der Waals surface area contributed by atoms with Gasteiger partial charge in [-0.2, -0.15) is 0 Å². The van der Waals surface area contributed by atoms with E-state index >= 15 is 0 Å². The van der Waals surface area contributed by atoms with Crippen molar-refractivity contribution in [2.45, 2.75) is 19.4 Å². The highest BCUT2D eigenvalue weighted by atomic mass is 19.3. The molecule has 102 valence electrons. The van der Waals surface area contributed by atoms with E-state index < -0.39 is 6.43 Å². The SMILES string of the molecule is COc1ccc(CNCCOCCC(F)F)cc1. The topological polar surface area (TPSA) is 30.5 Å². The molecular formula is C13H19F2NO2. The lowest BCUT2D eigenvalue weighted by atomic mass is 10.2. The largest absolute Gasteiger partial charge is 0.497 e. The van der Waals surface area contributed by atoms with Gasteiger partial charge in [0.2, 0.25) is 6.43 Å². The summed E-state index contributed by atoms with van der Waals surface area (Å²) in [7, 11) is 1.63. The summed E-state index contributed by atoms with van der Waals surface area (Å²) in [4.78, 5) is 0. The van der Waals surface area contributed by atoms with Crippen molar-refractivity contribution in [1.82, 2.24) is 5.32 Å². The molecule has 1 aromatic rings. The number of nitrogens with one attached hydrogen (secondary N) is 1. The van der Waals surface area contributed by atoms with E-state index in [0.717, 1.165) is 17.9 Å². The maximum atomic E-state index is 11.8. The predicted octanol–water partition coefficient (Wildman–Crippen LogP) is 2.46. The summed E-state index contributed by atoms with van der Waals surface area (Å²) in [5, 5.41) is 3.17. The summed E-state index contributed by atoms with van der Waals surface area (Å²) < 4.78 is 33.7.